The van der Waals surface area contributed by atoms with Crippen LogP contribution >= 0.6 is 0 Å². The topological polar surface area (TPSA) is 43.4 Å². The molecule has 0 saturated heterocycles. The van der Waals surface area contributed by atoms with Gasteiger partial charge in [0.1, 0.15) is 0 Å². The largest absolute Gasteiger partial charge is 0.267 e. The highest BCUT2D eigenvalue weighted by Crippen LogP contribution is 2.48. The Labute approximate surface area is 250 Å². The molecule has 0 aromatic rings. The predicted octanol–water partition coefficient (Wildman–Crippen LogP) is 11.1. The monoisotopic (exact) mass is 580 g/mol. The summed E-state index contributed by atoms with van der Waals surface area (Å²) in [5.41, 5.74) is 0. The minimum absolute atomic E-state index is 0.105. The lowest BCUT2D eigenvalue weighted by Crippen LogP contribution is -2.27. The van der Waals surface area contributed by atoms with Gasteiger partial charge in [0.2, 0.25) is 0 Å². The molecule has 0 radical (unpaired) electrons. The van der Waals surface area contributed by atoms with Gasteiger partial charge in [0, 0.05) is 0 Å². The molecule has 0 spiro atoms. The first-order valence-electron chi connectivity index (χ1n) is 18.2. The molecule has 0 N–H and O–H groups in total. The first-order chi connectivity index (χ1) is 19.3. The van der Waals surface area contributed by atoms with Gasteiger partial charge in [-0.05, 0) is 80.0 Å². The second kappa shape index (κ2) is 18.5. The molecule has 0 heterocycles. The van der Waals surface area contributed by atoms with E-state index in [1.165, 1.54) is 135 Å². The lowest BCUT2D eigenvalue weighted by atomic mass is 9.87. The standard InChI is InChI=1S/C36H68O3S/c1-5-8-11-17-30-26-33(30)22-14-20-29(21-15-23-34-27-31(34)18-12-9-6-2)36(39-40(4,37)38)25-16-24-35-28-32(35)19-13-10-7-3/h29-36H,5-28H2,1-4H3. The van der Waals surface area contributed by atoms with Crippen molar-refractivity contribution in [3.63, 3.8) is 0 Å². The van der Waals surface area contributed by atoms with Crippen LogP contribution in [0.15, 0.2) is 0 Å². The number of unbranched alkanes of at least 4 members (excludes halogenated alkanes) is 6. The van der Waals surface area contributed by atoms with E-state index in [0.717, 1.165) is 61.2 Å². The van der Waals surface area contributed by atoms with E-state index in [-0.39, 0.29) is 6.10 Å². The van der Waals surface area contributed by atoms with Crippen molar-refractivity contribution in [2.45, 2.75) is 181 Å². The Hall–Kier alpha value is -0.0900. The maximum Gasteiger partial charge on any atom is 0.264 e. The molecule has 0 amide bonds. The number of hydrogen-bond acceptors (Lipinski definition) is 3. The van der Waals surface area contributed by atoms with Crippen LogP contribution in [-0.4, -0.2) is 20.8 Å². The van der Waals surface area contributed by atoms with Crippen LogP contribution in [0.4, 0.5) is 0 Å². The van der Waals surface area contributed by atoms with Crippen molar-refractivity contribution >= 4 is 10.1 Å². The summed E-state index contributed by atoms with van der Waals surface area (Å²) < 4.78 is 30.6. The van der Waals surface area contributed by atoms with Crippen LogP contribution in [0.3, 0.4) is 0 Å². The third-order valence-corrected chi connectivity index (χ3v) is 11.5. The van der Waals surface area contributed by atoms with Crippen LogP contribution < -0.4 is 0 Å². The Balaban J connectivity index is 1.46. The molecule has 7 unspecified atom stereocenters. The molecule has 7 atom stereocenters. The summed E-state index contributed by atoms with van der Waals surface area (Å²) in [6, 6.07) is 0. The molecule has 0 aromatic heterocycles. The minimum atomic E-state index is -3.43. The normalized spacial score (nSPS) is 28.9. The average molecular weight is 581 g/mol. The van der Waals surface area contributed by atoms with E-state index in [9.17, 15) is 8.42 Å². The SMILES string of the molecule is CCCCCC1CC1CCCC(CCCC1CC1CCCCC)C(CCCC1CC1CCCCC)OS(C)(=O)=O. The lowest BCUT2D eigenvalue weighted by molar-refractivity contribution is 0.113. The van der Waals surface area contributed by atoms with Crippen molar-refractivity contribution in [1.29, 1.82) is 0 Å². The first kappa shape index (κ1) is 34.4. The highest BCUT2D eigenvalue weighted by atomic mass is 32.2. The van der Waals surface area contributed by atoms with Crippen LogP contribution in [-0.2, 0) is 14.3 Å². The van der Waals surface area contributed by atoms with Gasteiger partial charge in [-0.2, -0.15) is 8.42 Å². The van der Waals surface area contributed by atoms with Crippen molar-refractivity contribution in [3.8, 4) is 0 Å². The van der Waals surface area contributed by atoms with Crippen LogP contribution in [0, 0.1) is 41.4 Å². The minimum Gasteiger partial charge on any atom is -0.267 e. The smallest absolute Gasteiger partial charge is 0.264 e. The Kier molecular flexibility index (Phi) is 16.0. The van der Waals surface area contributed by atoms with Gasteiger partial charge >= 0.3 is 0 Å². The fourth-order valence-electron chi connectivity index (χ4n) is 7.99. The fourth-order valence-corrected chi connectivity index (χ4v) is 8.69. The summed E-state index contributed by atoms with van der Waals surface area (Å²) in [7, 11) is -3.43. The maximum absolute atomic E-state index is 12.4. The molecule has 0 bridgehead atoms. The lowest BCUT2D eigenvalue weighted by Gasteiger charge is -2.27. The zero-order valence-electron chi connectivity index (χ0n) is 27.2. The van der Waals surface area contributed by atoms with Crippen molar-refractivity contribution in [2.24, 2.45) is 41.4 Å². The Morgan fingerprint density at radius 3 is 1.18 bits per heavy atom. The van der Waals surface area contributed by atoms with E-state index in [1.807, 2.05) is 0 Å². The number of hydrogen-bond donors (Lipinski definition) is 0. The molecule has 3 rings (SSSR count). The predicted molar refractivity (Wildman–Crippen MR) is 172 cm³/mol. The molecular formula is C36H68O3S. The number of rotatable bonds is 27. The third-order valence-electron chi connectivity index (χ3n) is 10.9. The van der Waals surface area contributed by atoms with E-state index < -0.39 is 10.1 Å². The van der Waals surface area contributed by atoms with Crippen LogP contribution in [0.2, 0.25) is 0 Å². The van der Waals surface area contributed by atoms with Crippen LogP contribution in [0.25, 0.3) is 0 Å². The molecular weight excluding hydrogens is 512 g/mol. The van der Waals surface area contributed by atoms with E-state index >= 15 is 0 Å². The van der Waals surface area contributed by atoms with Crippen LogP contribution in [0.1, 0.15) is 175 Å². The van der Waals surface area contributed by atoms with Gasteiger partial charge in [-0.15, -0.1) is 0 Å². The van der Waals surface area contributed by atoms with Gasteiger partial charge in [0.05, 0.1) is 12.4 Å². The quantitative estimate of drug-likeness (QED) is 0.0717. The summed E-state index contributed by atoms with van der Waals surface area (Å²) in [5.74, 6) is 6.11. The van der Waals surface area contributed by atoms with Crippen molar-refractivity contribution in [2.75, 3.05) is 6.26 Å². The zero-order valence-corrected chi connectivity index (χ0v) is 28.0. The van der Waals surface area contributed by atoms with Crippen LogP contribution in [0.5, 0.6) is 0 Å². The first-order valence-corrected chi connectivity index (χ1v) is 20.0. The van der Waals surface area contributed by atoms with Gasteiger partial charge in [0.25, 0.3) is 10.1 Å². The molecule has 3 aliphatic rings. The van der Waals surface area contributed by atoms with E-state index in [0.29, 0.717) is 5.92 Å². The van der Waals surface area contributed by atoms with Gasteiger partial charge in [0.15, 0.2) is 0 Å². The summed E-state index contributed by atoms with van der Waals surface area (Å²) >= 11 is 0. The third kappa shape index (κ3) is 14.4. The molecule has 3 nitrogen and oxygen atoms in total. The summed E-state index contributed by atoms with van der Waals surface area (Å²) in [5, 5.41) is 0. The molecule has 4 heteroatoms. The Morgan fingerprint density at radius 1 is 0.525 bits per heavy atom. The van der Waals surface area contributed by atoms with E-state index in [2.05, 4.69) is 20.8 Å². The molecule has 0 aliphatic heterocycles. The van der Waals surface area contributed by atoms with E-state index in [4.69, 9.17) is 4.18 Å². The molecule has 40 heavy (non-hydrogen) atoms. The summed E-state index contributed by atoms with van der Waals surface area (Å²) in [4.78, 5) is 0. The molecule has 3 saturated carbocycles. The van der Waals surface area contributed by atoms with Crippen molar-refractivity contribution in [3.05, 3.63) is 0 Å². The Bertz CT molecular complexity index is 734. The zero-order chi connectivity index (χ0) is 28.8. The van der Waals surface area contributed by atoms with Gasteiger partial charge in [-0.3, -0.25) is 4.18 Å². The summed E-state index contributed by atoms with van der Waals surface area (Å²) in [6.07, 6.45) is 32.9. The highest BCUT2D eigenvalue weighted by molar-refractivity contribution is 7.86. The second-order valence-electron chi connectivity index (χ2n) is 14.6. The van der Waals surface area contributed by atoms with Gasteiger partial charge < -0.3 is 0 Å². The van der Waals surface area contributed by atoms with Crippen molar-refractivity contribution < 1.29 is 12.6 Å². The fraction of sp³-hybridized carbons (Fsp3) is 1.00. The molecule has 3 aliphatic carbocycles. The van der Waals surface area contributed by atoms with Gasteiger partial charge in [-0.25, -0.2) is 0 Å². The van der Waals surface area contributed by atoms with Gasteiger partial charge in [-0.1, -0.05) is 136 Å². The second-order valence-corrected chi connectivity index (χ2v) is 16.2. The molecule has 236 valence electrons. The van der Waals surface area contributed by atoms with E-state index in [1.54, 1.807) is 0 Å². The Morgan fingerprint density at radius 2 is 0.850 bits per heavy atom. The molecule has 3 fully saturated rings. The maximum atomic E-state index is 12.4. The van der Waals surface area contributed by atoms with Crippen molar-refractivity contribution in [1.82, 2.24) is 0 Å². The summed E-state index contributed by atoms with van der Waals surface area (Å²) in [6.45, 7) is 6.88. The molecule has 0 aromatic carbocycles. The highest BCUT2D eigenvalue weighted by Gasteiger charge is 2.38. The average Bonchev–Trinajstić information content (AvgIpc) is 3.82.